The summed E-state index contributed by atoms with van der Waals surface area (Å²) in [6.07, 6.45) is 0. The number of rotatable bonds is 6. The Balaban J connectivity index is 1.54. The molecular formula is C16H23N5O. The van der Waals surface area contributed by atoms with Gasteiger partial charge in [-0.05, 0) is 0 Å². The van der Waals surface area contributed by atoms with E-state index in [0.717, 1.165) is 62.9 Å². The van der Waals surface area contributed by atoms with Gasteiger partial charge in [-0.1, -0.05) is 30.3 Å². The molecule has 0 radical (unpaired) electrons. The standard InChI is InChI=1S/C16H23N5O/c1-20-18-15(16(19-20)14-5-3-2-4-6-14)13-17-7-8-21-9-11-22-12-10-21/h2-6,17H,7-13H2,1H3. The zero-order chi connectivity index (χ0) is 15.2. The van der Waals surface area contributed by atoms with E-state index in [1.54, 1.807) is 4.80 Å². The predicted octanol–water partition coefficient (Wildman–Crippen LogP) is 0.904. The fourth-order valence-electron chi connectivity index (χ4n) is 2.66. The van der Waals surface area contributed by atoms with Crippen molar-refractivity contribution < 1.29 is 4.74 Å². The fourth-order valence-corrected chi connectivity index (χ4v) is 2.66. The molecule has 0 unspecified atom stereocenters. The van der Waals surface area contributed by atoms with E-state index in [2.05, 4.69) is 32.5 Å². The molecule has 1 aliphatic heterocycles. The van der Waals surface area contributed by atoms with Crippen molar-refractivity contribution in [2.24, 2.45) is 7.05 Å². The van der Waals surface area contributed by atoms with Crippen molar-refractivity contribution in [2.45, 2.75) is 6.54 Å². The summed E-state index contributed by atoms with van der Waals surface area (Å²) in [4.78, 5) is 4.06. The van der Waals surface area contributed by atoms with Crippen molar-refractivity contribution >= 4 is 0 Å². The molecular weight excluding hydrogens is 278 g/mol. The van der Waals surface area contributed by atoms with Gasteiger partial charge in [-0.15, -0.1) is 0 Å². The van der Waals surface area contributed by atoms with Gasteiger partial charge >= 0.3 is 0 Å². The average molecular weight is 301 g/mol. The maximum absolute atomic E-state index is 5.36. The Bertz CT molecular complexity index is 577. The van der Waals surface area contributed by atoms with Crippen LogP contribution in [0, 0.1) is 0 Å². The van der Waals surface area contributed by atoms with Gasteiger partial charge in [0.05, 0.1) is 13.2 Å². The van der Waals surface area contributed by atoms with Gasteiger partial charge in [0.15, 0.2) is 0 Å². The molecule has 1 aromatic carbocycles. The van der Waals surface area contributed by atoms with Crippen molar-refractivity contribution in [1.82, 2.24) is 25.2 Å². The molecule has 1 aliphatic rings. The lowest BCUT2D eigenvalue weighted by atomic mass is 10.1. The molecule has 0 saturated carbocycles. The first-order valence-corrected chi connectivity index (χ1v) is 7.79. The molecule has 1 N–H and O–H groups in total. The Kier molecular flexibility index (Phi) is 5.15. The summed E-state index contributed by atoms with van der Waals surface area (Å²) in [6, 6.07) is 10.2. The van der Waals surface area contributed by atoms with Crippen LogP contribution in [0.3, 0.4) is 0 Å². The molecule has 0 atom stereocenters. The van der Waals surface area contributed by atoms with Crippen molar-refractivity contribution in [3.63, 3.8) is 0 Å². The number of hydrogen-bond donors (Lipinski definition) is 1. The summed E-state index contributed by atoms with van der Waals surface area (Å²) in [6.45, 7) is 6.49. The number of hydrogen-bond acceptors (Lipinski definition) is 5. The molecule has 0 amide bonds. The summed E-state index contributed by atoms with van der Waals surface area (Å²) < 4.78 is 5.36. The average Bonchev–Trinajstić information content (AvgIpc) is 2.94. The highest BCUT2D eigenvalue weighted by Gasteiger charge is 2.12. The van der Waals surface area contributed by atoms with Gasteiger partial charge in [0.2, 0.25) is 0 Å². The first-order valence-electron chi connectivity index (χ1n) is 7.79. The van der Waals surface area contributed by atoms with Crippen molar-refractivity contribution in [2.75, 3.05) is 39.4 Å². The molecule has 6 heteroatoms. The van der Waals surface area contributed by atoms with E-state index in [9.17, 15) is 0 Å². The van der Waals surface area contributed by atoms with Crippen LogP contribution in [0.15, 0.2) is 30.3 Å². The summed E-state index contributed by atoms with van der Waals surface area (Å²) >= 11 is 0. The largest absolute Gasteiger partial charge is 0.379 e. The summed E-state index contributed by atoms with van der Waals surface area (Å²) in [7, 11) is 1.86. The van der Waals surface area contributed by atoms with E-state index in [1.165, 1.54) is 0 Å². The van der Waals surface area contributed by atoms with Crippen LogP contribution in [-0.4, -0.2) is 59.3 Å². The van der Waals surface area contributed by atoms with E-state index in [1.807, 2.05) is 25.2 Å². The molecule has 1 fully saturated rings. The third-order valence-electron chi connectivity index (χ3n) is 3.83. The number of nitrogens with zero attached hydrogens (tertiary/aromatic N) is 4. The summed E-state index contributed by atoms with van der Waals surface area (Å²) in [5.74, 6) is 0. The van der Waals surface area contributed by atoms with Crippen LogP contribution in [0.5, 0.6) is 0 Å². The van der Waals surface area contributed by atoms with Crippen LogP contribution in [0.2, 0.25) is 0 Å². The van der Waals surface area contributed by atoms with Crippen molar-refractivity contribution in [3.8, 4) is 11.3 Å². The summed E-state index contributed by atoms with van der Waals surface area (Å²) in [5, 5.41) is 12.4. The molecule has 0 bridgehead atoms. The molecule has 3 rings (SSSR count). The SMILES string of the molecule is Cn1nc(CNCCN2CCOCC2)c(-c2ccccc2)n1. The van der Waals surface area contributed by atoms with Gasteiger partial charge in [0.25, 0.3) is 0 Å². The Morgan fingerprint density at radius 2 is 1.91 bits per heavy atom. The second-order valence-electron chi connectivity index (χ2n) is 5.48. The number of aryl methyl sites for hydroxylation is 1. The van der Waals surface area contributed by atoms with Crippen LogP contribution in [0.25, 0.3) is 11.3 Å². The minimum absolute atomic E-state index is 0.738. The van der Waals surface area contributed by atoms with Crippen molar-refractivity contribution in [1.29, 1.82) is 0 Å². The minimum atomic E-state index is 0.738. The Labute approximate surface area is 131 Å². The van der Waals surface area contributed by atoms with E-state index in [-0.39, 0.29) is 0 Å². The minimum Gasteiger partial charge on any atom is -0.379 e. The Morgan fingerprint density at radius 1 is 1.14 bits per heavy atom. The second-order valence-corrected chi connectivity index (χ2v) is 5.48. The molecule has 1 saturated heterocycles. The van der Waals surface area contributed by atoms with Crippen LogP contribution >= 0.6 is 0 Å². The number of benzene rings is 1. The first kappa shape index (κ1) is 15.1. The van der Waals surface area contributed by atoms with Crippen molar-refractivity contribution in [3.05, 3.63) is 36.0 Å². The molecule has 0 aliphatic carbocycles. The number of ether oxygens (including phenoxy) is 1. The molecule has 2 aromatic rings. The molecule has 0 spiro atoms. The lowest BCUT2D eigenvalue weighted by Crippen LogP contribution is -2.40. The zero-order valence-electron chi connectivity index (χ0n) is 13.0. The van der Waals surface area contributed by atoms with Crippen LogP contribution in [-0.2, 0) is 18.3 Å². The lowest BCUT2D eigenvalue weighted by Gasteiger charge is -2.26. The molecule has 6 nitrogen and oxygen atoms in total. The van der Waals surface area contributed by atoms with Gasteiger partial charge in [0, 0.05) is 45.3 Å². The third-order valence-corrected chi connectivity index (χ3v) is 3.83. The molecule has 1 aromatic heterocycles. The summed E-state index contributed by atoms with van der Waals surface area (Å²) in [5.41, 5.74) is 3.07. The first-order chi connectivity index (χ1) is 10.8. The smallest absolute Gasteiger partial charge is 0.117 e. The van der Waals surface area contributed by atoms with Crippen LogP contribution in [0.4, 0.5) is 0 Å². The zero-order valence-corrected chi connectivity index (χ0v) is 13.0. The highest BCUT2D eigenvalue weighted by Crippen LogP contribution is 2.19. The molecule has 118 valence electrons. The van der Waals surface area contributed by atoms with Gasteiger partial charge in [0.1, 0.15) is 11.4 Å². The fraction of sp³-hybridized carbons (Fsp3) is 0.500. The highest BCUT2D eigenvalue weighted by atomic mass is 16.5. The third kappa shape index (κ3) is 3.91. The number of aromatic nitrogens is 3. The highest BCUT2D eigenvalue weighted by molar-refractivity contribution is 5.60. The van der Waals surface area contributed by atoms with E-state index >= 15 is 0 Å². The normalized spacial score (nSPS) is 16.0. The maximum Gasteiger partial charge on any atom is 0.117 e. The number of morpholine rings is 1. The lowest BCUT2D eigenvalue weighted by molar-refractivity contribution is 0.0384. The monoisotopic (exact) mass is 301 g/mol. The maximum atomic E-state index is 5.36. The quantitative estimate of drug-likeness (QED) is 0.804. The van der Waals surface area contributed by atoms with Gasteiger partial charge < -0.3 is 10.1 Å². The number of nitrogens with one attached hydrogen (secondary N) is 1. The van der Waals surface area contributed by atoms with E-state index < -0.39 is 0 Å². The van der Waals surface area contributed by atoms with Gasteiger partial charge in [-0.25, -0.2) is 0 Å². The molecule has 2 heterocycles. The van der Waals surface area contributed by atoms with E-state index in [0.29, 0.717) is 0 Å². The second kappa shape index (κ2) is 7.49. The predicted molar refractivity (Wildman–Crippen MR) is 85.4 cm³/mol. The topological polar surface area (TPSA) is 55.2 Å². The van der Waals surface area contributed by atoms with Gasteiger partial charge in [-0.2, -0.15) is 15.0 Å². The van der Waals surface area contributed by atoms with E-state index in [4.69, 9.17) is 4.74 Å². The van der Waals surface area contributed by atoms with Crippen LogP contribution < -0.4 is 5.32 Å². The van der Waals surface area contributed by atoms with Crippen LogP contribution in [0.1, 0.15) is 5.69 Å². The Morgan fingerprint density at radius 3 is 2.68 bits per heavy atom. The van der Waals surface area contributed by atoms with Gasteiger partial charge in [-0.3, -0.25) is 4.90 Å². The molecule has 22 heavy (non-hydrogen) atoms. The Hall–Kier alpha value is -1.76.